The summed E-state index contributed by atoms with van der Waals surface area (Å²) in [6.07, 6.45) is 2.99. The highest BCUT2D eigenvalue weighted by Gasteiger charge is 2.38. The third-order valence-corrected chi connectivity index (χ3v) is 6.80. The summed E-state index contributed by atoms with van der Waals surface area (Å²) in [5.74, 6) is 1.46. The fourth-order valence-electron chi connectivity index (χ4n) is 5.45. The minimum Gasteiger partial charge on any atom is -0.390 e. The van der Waals surface area contributed by atoms with E-state index >= 15 is 0 Å². The number of hydrogen-bond acceptors (Lipinski definition) is 3. The lowest BCUT2D eigenvalue weighted by molar-refractivity contribution is -0.0424. The number of para-hydroxylation sites is 1. The van der Waals surface area contributed by atoms with E-state index in [0.717, 1.165) is 25.9 Å². The number of ether oxygens (including phenoxy) is 1. The average molecular weight is 357 g/mol. The number of aliphatic hydroxyl groups excluding tert-OH is 1. The number of nitrogens with one attached hydrogen (secondary N) is 1. The van der Waals surface area contributed by atoms with Crippen molar-refractivity contribution in [2.75, 3.05) is 26.8 Å². The number of aromatic nitrogens is 1. The highest BCUT2D eigenvalue weighted by Crippen LogP contribution is 2.39. The first-order valence-electron chi connectivity index (χ1n) is 10.1. The molecule has 2 aliphatic rings. The number of aliphatic hydroxyl groups is 1. The van der Waals surface area contributed by atoms with E-state index in [1.165, 1.54) is 28.6 Å². The van der Waals surface area contributed by atoms with E-state index in [1.807, 2.05) is 0 Å². The molecular formula is C22H32N2O2. The zero-order valence-corrected chi connectivity index (χ0v) is 16.2. The van der Waals surface area contributed by atoms with Gasteiger partial charge in [-0.2, -0.15) is 0 Å². The molecule has 2 aromatic rings. The second-order valence-electron chi connectivity index (χ2n) is 8.47. The molecule has 0 amide bonds. The van der Waals surface area contributed by atoms with Crippen molar-refractivity contribution in [1.82, 2.24) is 9.88 Å². The molecule has 4 heteroatoms. The maximum absolute atomic E-state index is 10.6. The van der Waals surface area contributed by atoms with Gasteiger partial charge >= 0.3 is 0 Å². The van der Waals surface area contributed by atoms with Gasteiger partial charge in [-0.05, 0) is 49.7 Å². The first kappa shape index (κ1) is 18.0. The highest BCUT2D eigenvalue weighted by atomic mass is 16.5. The molecule has 142 valence electrons. The standard InChI is InChI=1S/C22H32N2O2/c1-14-10-16-11-19(21(25)13-26-3)15(2)24(12-16)9-8-18-17-6-4-5-7-20(17)23-22(14)18/h4-7,14-16,19,21,23,25H,8-13H2,1-3H3/t14-,15?,16?,19?,21+/m1/s1. The van der Waals surface area contributed by atoms with Gasteiger partial charge in [0, 0.05) is 48.8 Å². The van der Waals surface area contributed by atoms with Crippen LogP contribution in [-0.2, 0) is 11.2 Å². The van der Waals surface area contributed by atoms with Crippen LogP contribution in [0.2, 0.25) is 0 Å². The number of hydrogen-bond donors (Lipinski definition) is 2. The molecule has 6 atom stereocenters. The number of fused-ring (bicyclic) bond motifs is 5. The molecule has 0 spiro atoms. The first-order chi connectivity index (χ1) is 12.6. The molecule has 2 N–H and O–H groups in total. The molecule has 3 heterocycles. The summed E-state index contributed by atoms with van der Waals surface area (Å²) in [7, 11) is 1.68. The van der Waals surface area contributed by atoms with Crippen molar-refractivity contribution in [3.63, 3.8) is 0 Å². The molecule has 4 rings (SSSR count). The largest absolute Gasteiger partial charge is 0.390 e. The molecule has 1 aromatic heterocycles. The summed E-state index contributed by atoms with van der Waals surface area (Å²) in [6.45, 7) is 7.31. The molecule has 1 fully saturated rings. The third kappa shape index (κ3) is 3.19. The monoisotopic (exact) mass is 356 g/mol. The van der Waals surface area contributed by atoms with Crippen molar-refractivity contribution < 1.29 is 9.84 Å². The Hall–Kier alpha value is -1.36. The van der Waals surface area contributed by atoms with Crippen LogP contribution < -0.4 is 0 Å². The van der Waals surface area contributed by atoms with E-state index in [4.69, 9.17) is 4.74 Å². The predicted octanol–water partition coefficient (Wildman–Crippen LogP) is 3.55. The van der Waals surface area contributed by atoms with E-state index in [0.29, 0.717) is 30.4 Å². The summed E-state index contributed by atoms with van der Waals surface area (Å²) < 4.78 is 5.24. The van der Waals surface area contributed by atoms with Crippen molar-refractivity contribution >= 4 is 10.9 Å². The maximum atomic E-state index is 10.6. The van der Waals surface area contributed by atoms with Gasteiger partial charge in [-0.3, -0.25) is 4.90 Å². The number of aromatic amines is 1. The molecule has 4 unspecified atom stereocenters. The van der Waals surface area contributed by atoms with E-state index in [1.54, 1.807) is 7.11 Å². The van der Waals surface area contributed by atoms with Crippen LogP contribution in [-0.4, -0.2) is 53.9 Å². The number of H-pyrrole nitrogens is 1. The summed E-state index contributed by atoms with van der Waals surface area (Å²) in [5.41, 5.74) is 4.20. The lowest BCUT2D eigenvalue weighted by atomic mass is 9.77. The highest BCUT2D eigenvalue weighted by molar-refractivity contribution is 5.84. The number of piperidine rings is 1. The van der Waals surface area contributed by atoms with Gasteiger partial charge in [0.05, 0.1) is 12.7 Å². The van der Waals surface area contributed by atoms with Crippen molar-refractivity contribution in [2.24, 2.45) is 11.8 Å². The predicted molar refractivity (Wildman–Crippen MR) is 106 cm³/mol. The molecule has 2 bridgehead atoms. The van der Waals surface area contributed by atoms with Gasteiger partial charge in [-0.15, -0.1) is 0 Å². The Labute approximate surface area is 156 Å². The van der Waals surface area contributed by atoms with Crippen LogP contribution in [0.3, 0.4) is 0 Å². The van der Waals surface area contributed by atoms with Crippen molar-refractivity contribution in [2.45, 2.75) is 51.2 Å². The van der Waals surface area contributed by atoms with Gasteiger partial charge < -0.3 is 14.8 Å². The second-order valence-corrected chi connectivity index (χ2v) is 8.47. The molecular weight excluding hydrogens is 324 g/mol. The number of rotatable bonds is 3. The Kier molecular flexibility index (Phi) is 5.09. The summed E-state index contributed by atoms with van der Waals surface area (Å²) in [4.78, 5) is 6.33. The lowest BCUT2D eigenvalue weighted by Gasteiger charge is -2.45. The maximum Gasteiger partial charge on any atom is 0.0816 e. The van der Waals surface area contributed by atoms with Gasteiger partial charge in [0.1, 0.15) is 0 Å². The molecule has 1 aromatic carbocycles. The van der Waals surface area contributed by atoms with E-state index in [-0.39, 0.29) is 6.10 Å². The molecule has 0 radical (unpaired) electrons. The molecule has 4 nitrogen and oxygen atoms in total. The molecule has 1 saturated heterocycles. The Morgan fingerprint density at radius 1 is 1.27 bits per heavy atom. The Balaban J connectivity index is 1.65. The van der Waals surface area contributed by atoms with Gasteiger partial charge in [0.25, 0.3) is 0 Å². The summed E-state index contributed by atoms with van der Waals surface area (Å²) in [6, 6.07) is 9.11. The SMILES string of the molecule is COC[C@H](O)C1CC2C[C@@H](C)c3[nH]c4ccccc4c3CCN(C2)C1C. The minimum atomic E-state index is -0.366. The van der Waals surface area contributed by atoms with Gasteiger partial charge in [-0.25, -0.2) is 0 Å². The van der Waals surface area contributed by atoms with Crippen molar-refractivity contribution in [3.05, 3.63) is 35.5 Å². The Morgan fingerprint density at radius 3 is 2.88 bits per heavy atom. The average Bonchev–Trinajstić information content (AvgIpc) is 3.01. The van der Waals surface area contributed by atoms with Crippen molar-refractivity contribution in [3.8, 4) is 0 Å². The number of methoxy groups -OCH3 is 1. The van der Waals surface area contributed by atoms with Gasteiger partial charge in [0.15, 0.2) is 0 Å². The Morgan fingerprint density at radius 2 is 2.08 bits per heavy atom. The Bertz CT molecular complexity index is 756. The quantitative estimate of drug-likeness (QED) is 0.884. The summed E-state index contributed by atoms with van der Waals surface area (Å²) >= 11 is 0. The smallest absolute Gasteiger partial charge is 0.0816 e. The topological polar surface area (TPSA) is 48.5 Å². The minimum absolute atomic E-state index is 0.300. The molecule has 0 aliphatic carbocycles. The molecule has 0 saturated carbocycles. The van der Waals surface area contributed by atoms with Crippen LogP contribution >= 0.6 is 0 Å². The van der Waals surface area contributed by atoms with E-state index in [9.17, 15) is 5.11 Å². The van der Waals surface area contributed by atoms with Gasteiger partial charge in [-0.1, -0.05) is 25.1 Å². The van der Waals surface area contributed by atoms with E-state index < -0.39 is 0 Å². The van der Waals surface area contributed by atoms with Gasteiger partial charge in [0.2, 0.25) is 0 Å². The second kappa shape index (κ2) is 7.34. The molecule has 26 heavy (non-hydrogen) atoms. The number of benzene rings is 1. The van der Waals surface area contributed by atoms with Crippen LogP contribution in [0.5, 0.6) is 0 Å². The zero-order valence-electron chi connectivity index (χ0n) is 16.2. The summed E-state index contributed by atoms with van der Waals surface area (Å²) in [5, 5.41) is 12.0. The van der Waals surface area contributed by atoms with Crippen LogP contribution in [0, 0.1) is 11.8 Å². The molecule has 2 aliphatic heterocycles. The van der Waals surface area contributed by atoms with Crippen LogP contribution in [0.25, 0.3) is 10.9 Å². The fourth-order valence-corrected chi connectivity index (χ4v) is 5.45. The lowest BCUT2D eigenvalue weighted by Crippen LogP contribution is -2.52. The normalized spacial score (nSPS) is 33.2. The fraction of sp³-hybridized carbons (Fsp3) is 0.636. The van der Waals surface area contributed by atoms with Crippen molar-refractivity contribution in [1.29, 1.82) is 0 Å². The first-order valence-corrected chi connectivity index (χ1v) is 10.1. The van der Waals surface area contributed by atoms with Crippen LogP contribution in [0.4, 0.5) is 0 Å². The van der Waals surface area contributed by atoms with E-state index in [2.05, 4.69) is 48.0 Å². The van der Waals surface area contributed by atoms with Crippen LogP contribution in [0.15, 0.2) is 24.3 Å². The number of nitrogens with zero attached hydrogens (tertiary/aromatic N) is 1. The zero-order chi connectivity index (χ0) is 18.3. The third-order valence-electron chi connectivity index (χ3n) is 6.80. The van der Waals surface area contributed by atoms with Crippen LogP contribution in [0.1, 0.15) is 43.9 Å².